The topological polar surface area (TPSA) is 87.3 Å². The molecule has 4 amide bonds. The van der Waals surface area contributed by atoms with E-state index in [0.29, 0.717) is 6.42 Å². The van der Waals surface area contributed by atoms with Crippen molar-refractivity contribution in [3.8, 4) is 0 Å². The van der Waals surface area contributed by atoms with Crippen LogP contribution in [0.1, 0.15) is 42.9 Å². The summed E-state index contributed by atoms with van der Waals surface area (Å²) >= 11 is 0. The smallest absolute Gasteiger partial charge is 0.322 e. The molecule has 1 aliphatic heterocycles. The van der Waals surface area contributed by atoms with Crippen LogP contribution in [0.15, 0.2) is 24.3 Å². The summed E-state index contributed by atoms with van der Waals surface area (Å²) in [7, 11) is 0. The molecule has 2 atom stereocenters. The molecule has 2 aliphatic rings. The number of carbonyl (C=O) groups excluding carboxylic acids is 3. The van der Waals surface area contributed by atoms with E-state index in [0.717, 1.165) is 19.3 Å². The minimum atomic E-state index is -0.600. The maximum atomic E-state index is 12.1. The van der Waals surface area contributed by atoms with E-state index in [1.165, 1.54) is 11.1 Å². The van der Waals surface area contributed by atoms with Crippen LogP contribution in [0.4, 0.5) is 4.79 Å². The van der Waals surface area contributed by atoms with E-state index in [2.05, 4.69) is 28.1 Å². The lowest BCUT2D eigenvalue weighted by molar-refractivity contribution is -0.122. The van der Waals surface area contributed by atoms with Crippen molar-refractivity contribution in [2.24, 2.45) is 0 Å². The summed E-state index contributed by atoms with van der Waals surface area (Å²) in [6.07, 6.45) is 3.58. The van der Waals surface area contributed by atoms with Crippen molar-refractivity contribution < 1.29 is 14.4 Å². The molecular weight excluding hydrogens is 282 g/mol. The predicted molar refractivity (Wildman–Crippen MR) is 80.0 cm³/mol. The summed E-state index contributed by atoms with van der Waals surface area (Å²) < 4.78 is 0. The Kier molecular flexibility index (Phi) is 4.09. The van der Waals surface area contributed by atoms with Crippen molar-refractivity contribution >= 4 is 17.8 Å². The van der Waals surface area contributed by atoms with Gasteiger partial charge in [0, 0.05) is 6.42 Å². The fraction of sp³-hybridized carbons (Fsp3) is 0.438. The molecule has 0 aromatic heterocycles. The fourth-order valence-corrected chi connectivity index (χ4v) is 3.11. The lowest BCUT2D eigenvalue weighted by atomic mass is 9.87. The first-order valence-electron chi connectivity index (χ1n) is 7.62. The van der Waals surface area contributed by atoms with E-state index < -0.39 is 12.1 Å². The molecule has 1 saturated heterocycles. The van der Waals surface area contributed by atoms with Gasteiger partial charge >= 0.3 is 6.03 Å². The molecule has 1 aromatic carbocycles. The number of aryl methyl sites for hydroxylation is 1. The number of imide groups is 1. The zero-order valence-corrected chi connectivity index (χ0v) is 12.2. The third kappa shape index (κ3) is 3.10. The largest absolute Gasteiger partial charge is 0.349 e. The first kappa shape index (κ1) is 14.6. The summed E-state index contributed by atoms with van der Waals surface area (Å²) in [4.78, 5) is 34.6. The van der Waals surface area contributed by atoms with Crippen LogP contribution >= 0.6 is 0 Å². The maximum absolute atomic E-state index is 12.1. The second kappa shape index (κ2) is 6.17. The summed E-state index contributed by atoms with van der Waals surface area (Å²) in [6, 6.07) is 7.13. The summed E-state index contributed by atoms with van der Waals surface area (Å²) in [5.41, 5.74) is 2.48. The lowest BCUT2D eigenvalue weighted by Crippen LogP contribution is -2.34. The van der Waals surface area contributed by atoms with Gasteiger partial charge in [0.05, 0.1) is 6.04 Å². The van der Waals surface area contributed by atoms with Crippen molar-refractivity contribution in [2.75, 3.05) is 0 Å². The van der Waals surface area contributed by atoms with Gasteiger partial charge in [0.1, 0.15) is 6.04 Å². The van der Waals surface area contributed by atoms with Gasteiger partial charge in [-0.1, -0.05) is 24.3 Å². The second-order valence-electron chi connectivity index (χ2n) is 5.77. The molecule has 0 radical (unpaired) electrons. The first-order valence-corrected chi connectivity index (χ1v) is 7.62. The minimum Gasteiger partial charge on any atom is -0.349 e. The average molecular weight is 301 g/mol. The van der Waals surface area contributed by atoms with Crippen molar-refractivity contribution in [3.63, 3.8) is 0 Å². The SMILES string of the molecule is O=C(CC[C@@H]1NC(=O)NC1=O)N[C@H]1CCCc2ccccc21. The number of fused-ring (bicyclic) bond motifs is 1. The highest BCUT2D eigenvalue weighted by Crippen LogP contribution is 2.29. The van der Waals surface area contributed by atoms with E-state index in [4.69, 9.17) is 0 Å². The third-order valence-corrected chi connectivity index (χ3v) is 4.22. The monoisotopic (exact) mass is 301 g/mol. The van der Waals surface area contributed by atoms with E-state index in [1.54, 1.807) is 0 Å². The van der Waals surface area contributed by atoms with Gasteiger partial charge in [0.25, 0.3) is 5.91 Å². The highest BCUT2D eigenvalue weighted by atomic mass is 16.2. The van der Waals surface area contributed by atoms with Crippen LogP contribution in [-0.2, 0) is 16.0 Å². The Bertz CT molecular complexity index is 614. The second-order valence-corrected chi connectivity index (χ2v) is 5.77. The number of hydrogen-bond donors (Lipinski definition) is 3. The molecule has 0 saturated carbocycles. The average Bonchev–Trinajstić information content (AvgIpc) is 2.83. The van der Waals surface area contributed by atoms with Crippen LogP contribution in [0.25, 0.3) is 0 Å². The molecule has 6 nitrogen and oxygen atoms in total. The van der Waals surface area contributed by atoms with Crippen LogP contribution in [0, 0.1) is 0 Å². The van der Waals surface area contributed by atoms with Crippen LogP contribution in [0.5, 0.6) is 0 Å². The number of amides is 4. The van der Waals surface area contributed by atoms with Crippen LogP contribution in [0.2, 0.25) is 0 Å². The van der Waals surface area contributed by atoms with Gasteiger partial charge in [-0.2, -0.15) is 0 Å². The van der Waals surface area contributed by atoms with Crippen molar-refractivity contribution in [1.82, 2.24) is 16.0 Å². The molecule has 1 aromatic rings. The number of rotatable bonds is 4. The molecule has 116 valence electrons. The van der Waals surface area contributed by atoms with Crippen molar-refractivity contribution in [3.05, 3.63) is 35.4 Å². The summed E-state index contributed by atoms with van der Waals surface area (Å²) in [6.45, 7) is 0. The van der Waals surface area contributed by atoms with Crippen LogP contribution in [0.3, 0.4) is 0 Å². The minimum absolute atomic E-state index is 0.0458. The van der Waals surface area contributed by atoms with E-state index in [-0.39, 0.29) is 24.3 Å². The number of hydrogen-bond acceptors (Lipinski definition) is 3. The van der Waals surface area contributed by atoms with E-state index in [9.17, 15) is 14.4 Å². The first-order chi connectivity index (χ1) is 10.6. The Labute approximate surface area is 128 Å². The van der Waals surface area contributed by atoms with Gasteiger partial charge in [-0.3, -0.25) is 14.9 Å². The molecule has 1 heterocycles. The predicted octanol–water partition coefficient (Wildman–Crippen LogP) is 1.17. The fourth-order valence-electron chi connectivity index (χ4n) is 3.11. The Morgan fingerprint density at radius 1 is 1.27 bits per heavy atom. The zero-order valence-electron chi connectivity index (χ0n) is 12.2. The lowest BCUT2D eigenvalue weighted by Gasteiger charge is -2.26. The number of nitrogens with one attached hydrogen (secondary N) is 3. The van der Waals surface area contributed by atoms with E-state index >= 15 is 0 Å². The number of urea groups is 1. The molecule has 0 spiro atoms. The summed E-state index contributed by atoms with van der Waals surface area (Å²) in [5.74, 6) is -0.448. The molecule has 3 rings (SSSR count). The molecule has 1 aliphatic carbocycles. The molecule has 0 bridgehead atoms. The molecular formula is C16H19N3O3. The Morgan fingerprint density at radius 3 is 2.86 bits per heavy atom. The molecule has 1 fully saturated rings. The Hall–Kier alpha value is -2.37. The summed E-state index contributed by atoms with van der Waals surface area (Å²) in [5, 5.41) is 7.70. The number of carbonyl (C=O) groups is 3. The molecule has 6 heteroatoms. The highest BCUT2D eigenvalue weighted by Gasteiger charge is 2.30. The zero-order chi connectivity index (χ0) is 15.5. The van der Waals surface area contributed by atoms with Crippen molar-refractivity contribution in [1.29, 1.82) is 0 Å². The van der Waals surface area contributed by atoms with Gasteiger partial charge in [-0.05, 0) is 36.8 Å². The quantitative estimate of drug-likeness (QED) is 0.730. The van der Waals surface area contributed by atoms with Gasteiger partial charge in [-0.15, -0.1) is 0 Å². The molecule has 3 N–H and O–H groups in total. The maximum Gasteiger partial charge on any atom is 0.322 e. The van der Waals surface area contributed by atoms with Gasteiger partial charge in [-0.25, -0.2) is 4.79 Å². The highest BCUT2D eigenvalue weighted by molar-refractivity contribution is 6.04. The normalized spacial score (nSPS) is 23.5. The Morgan fingerprint density at radius 2 is 2.09 bits per heavy atom. The number of benzene rings is 1. The van der Waals surface area contributed by atoms with Crippen molar-refractivity contribution in [2.45, 2.75) is 44.2 Å². The van der Waals surface area contributed by atoms with Crippen LogP contribution in [-0.4, -0.2) is 23.9 Å². The molecule has 22 heavy (non-hydrogen) atoms. The van der Waals surface area contributed by atoms with E-state index in [1.807, 2.05) is 12.1 Å². The van der Waals surface area contributed by atoms with Gasteiger partial charge in [0.2, 0.25) is 5.91 Å². The standard InChI is InChI=1S/C16H19N3O3/c20-14(9-8-13-15(21)19-16(22)18-13)17-12-7-3-5-10-4-1-2-6-11(10)12/h1-2,4,6,12-13H,3,5,7-9H2,(H,17,20)(H2,18,19,21,22)/t12-,13-/m0/s1. The van der Waals surface area contributed by atoms with Gasteiger partial charge < -0.3 is 10.6 Å². The third-order valence-electron chi connectivity index (χ3n) is 4.22. The Balaban J connectivity index is 1.54. The molecule has 0 unspecified atom stereocenters. The van der Waals surface area contributed by atoms with Crippen LogP contribution < -0.4 is 16.0 Å². The van der Waals surface area contributed by atoms with Gasteiger partial charge in [0.15, 0.2) is 0 Å².